The summed E-state index contributed by atoms with van der Waals surface area (Å²) in [4.78, 5) is 11.9. The molecule has 3 rings (SSSR count). The number of nitrogens with zero attached hydrogens (tertiary/aromatic N) is 3. The predicted octanol–water partition coefficient (Wildman–Crippen LogP) is 3.64. The standard InChI is InChI=1S/C19H25N3/c1-14-6-5-7-15(10-14)12-22-9-8-16-11-20-18(19(2,3)4)21-17(16)13-22/h5-7,10-11H,8-9,12-13H2,1-4H3. The summed E-state index contributed by atoms with van der Waals surface area (Å²) >= 11 is 0. The summed E-state index contributed by atoms with van der Waals surface area (Å²) in [6.07, 6.45) is 3.08. The SMILES string of the molecule is Cc1cccc(CN2CCc3cnc(C(C)(C)C)nc3C2)c1. The molecule has 0 radical (unpaired) electrons. The normalized spacial score (nSPS) is 15.6. The molecule has 0 N–H and O–H groups in total. The van der Waals surface area contributed by atoms with E-state index in [1.807, 2.05) is 6.20 Å². The van der Waals surface area contributed by atoms with Gasteiger partial charge in [0.2, 0.25) is 0 Å². The van der Waals surface area contributed by atoms with Crippen molar-refractivity contribution in [2.24, 2.45) is 0 Å². The molecule has 0 amide bonds. The minimum Gasteiger partial charge on any atom is -0.293 e. The molecular formula is C19H25N3. The fraction of sp³-hybridized carbons (Fsp3) is 0.474. The molecule has 0 unspecified atom stereocenters. The average Bonchev–Trinajstić information content (AvgIpc) is 2.45. The van der Waals surface area contributed by atoms with Gasteiger partial charge in [-0.2, -0.15) is 0 Å². The summed E-state index contributed by atoms with van der Waals surface area (Å²) in [5.74, 6) is 0.948. The molecule has 3 nitrogen and oxygen atoms in total. The zero-order valence-electron chi connectivity index (χ0n) is 14.1. The molecule has 1 aliphatic heterocycles. The topological polar surface area (TPSA) is 29.0 Å². The average molecular weight is 295 g/mol. The number of benzene rings is 1. The van der Waals surface area contributed by atoms with E-state index < -0.39 is 0 Å². The molecule has 1 aliphatic rings. The van der Waals surface area contributed by atoms with E-state index in [1.54, 1.807) is 0 Å². The molecule has 3 heteroatoms. The Labute approximate surface area is 133 Å². The van der Waals surface area contributed by atoms with Gasteiger partial charge in [-0.05, 0) is 24.5 Å². The Bertz CT molecular complexity index is 671. The monoisotopic (exact) mass is 295 g/mol. The van der Waals surface area contributed by atoms with E-state index in [1.165, 1.54) is 22.4 Å². The molecule has 0 fully saturated rings. The first-order valence-corrected chi connectivity index (χ1v) is 8.05. The summed E-state index contributed by atoms with van der Waals surface area (Å²) in [7, 11) is 0. The Morgan fingerprint density at radius 2 is 2.05 bits per heavy atom. The van der Waals surface area contributed by atoms with Crippen LogP contribution in [0.5, 0.6) is 0 Å². The number of aryl methyl sites for hydroxylation is 1. The molecule has 2 aromatic rings. The lowest BCUT2D eigenvalue weighted by Gasteiger charge is -2.29. The maximum absolute atomic E-state index is 4.84. The van der Waals surface area contributed by atoms with Gasteiger partial charge >= 0.3 is 0 Å². The highest BCUT2D eigenvalue weighted by Gasteiger charge is 2.22. The van der Waals surface area contributed by atoms with Crippen LogP contribution in [0.1, 0.15) is 49.0 Å². The highest BCUT2D eigenvalue weighted by molar-refractivity contribution is 5.25. The Balaban J connectivity index is 1.78. The zero-order valence-corrected chi connectivity index (χ0v) is 14.1. The van der Waals surface area contributed by atoms with Crippen molar-refractivity contribution in [2.75, 3.05) is 6.54 Å². The van der Waals surface area contributed by atoms with E-state index in [0.29, 0.717) is 0 Å². The first-order chi connectivity index (χ1) is 10.4. The molecule has 0 aliphatic carbocycles. The lowest BCUT2D eigenvalue weighted by molar-refractivity contribution is 0.240. The fourth-order valence-corrected chi connectivity index (χ4v) is 2.92. The van der Waals surface area contributed by atoms with Gasteiger partial charge in [0, 0.05) is 31.2 Å². The van der Waals surface area contributed by atoms with E-state index in [4.69, 9.17) is 4.98 Å². The van der Waals surface area contributed by atoms with Gasteiger partial charge in [-0.3, -0.25) is 4.90 Å². The lowest BCUT2D eigenvalue weighted by Crippen LogP contribution is -2.32. The maximum atomic E-state index is 4.84. The molecule has 0 saturated carbocycles. The van der Waals surface area contributed by atoms with Crippen molar-refractivity contribution in [1.82, 2.24) is 14.9 Å². The highest BCUT2D eigenvalue weighted by atomic mass is 15.1. The van der Waals surface area contributed by atoms with Crippen LogP contribution in [0, 0.1) is 6.92 Å². The largest absolute Gasteiger partial charge is 0.293 e. The van der Waals surface area contributed by atoms with Crippen LogP contribution in [0.4, 0.5) is 0 Å². The van der Waals surface area contributed by atoms with E-state index in [9.17, 15) is 0 Å². The third-order valence-electron chi connectivity index (χ3n) is 4.18. The van der Waals surface area contributed by atoms with Crippen LogP contribution in [0.15, 0.2) is 30.5 Å². The predicted molar refractivity (Wildman–Crippen MR) is 89.7 cm³/mol. The van der Waals surface area contributed by atoms with Crippen molar-refractivity contribution in [1.29, 1.82) is 0 Å². The molecule has 2 heterocycles. The molecule has 0 spiro atoms. The van der Waals surface area contributed by atoms with E-state index in [0.717, 1.165) is 31.9 Å². The van der Waals surface area contributed by atoms with Crippen molar-refractivity contribution in [3.63, 3.8) is 0 Å². The van der Waals surface area contributed by atoms with E-state index in [2.05, 4.69) is 61.8 Å². The maximum Gasteiger partial charge on any atom is 0.133 e. The lowest BCUT2D eigenvalue weighted by atomic mass is 9.95. The van der Waals surface area contributed by atoms with Crippen LogP contribution in [-0.2, 0) is 24.9 Å². The highest BCUT2D eigenvalue weighted by Crippen LogP contribution is 2.23. The fourth-order valence-electron chi connectivity index (χ4n) is 2.92. The van der Waals surface area contributed by atoms with Gasteiger partial charge in [0.15, 0.2) is 0 Å². The van der Waals surface area contributed by atoms with Crippen molar-refractivity contribution >= 4 is 0 Å². The smallest absolute Gasteiger partial charge is 0.133 e. The molecule has 116 valence electrons. The Kier molecular flexibility index (Phi) is 4.00. The summed E-state index contributed by atoms with van der Waals surface area (Å²) in [6, 6.07) is 8.78. The van der Waals surface area contributed by atoms with Crippen molar-refractivity contribution < 1.29 is 0 Å². The third-order valence-corrected chi connectivity index (χ3v) is 4.18. The minimum absolute atomic E-state index is 0.00779. The molecule has 22 heavy (non-hydrogen) atoms. The van der Waals surface area contributed by atoms with Crippen LogP contribution < -0.4 is 0 Å². The first-order valence-electron chi connectivity index (χ1n) is 8.05. The van der Waals surface area contributed by atoms with Gasteiger partial charge in [0.25, 0.3) is 0 Å². The molecule has 0 bridgehead atoms. The molecule has 0 atom stereocenters. The Morgan fingerprint density at radius 1 is 1.23 bits per heavy atom. The van der Waals surface area contributed by atoms with Gasteiger partial charge in [-0.1, -0.05) is 50.6 Å². The summed E-state index contributed by atoms with van der Waals surface area (Å²) < 4.78 is 0. The van der Waals surface area contributed by atoms with Gasteiger partial charge in [0.1, 0.15) is 5.82 Å². The Hall–Kier alpha value is -1.74. The zero-order chi connectivity index (χ0) is 15.7. The van der Waals surface area contributed by atoms with Crippen LogP contribution in [0.3, 0.4) is 0 Å². The van der Waals surface area contributed by atoms with Crippen LogP contribution >= 0.6 is 0 Å². The van der Waals surface area contributed by atoms with Gasteiger partial charge in [-0.15, -0.1) is 0 Å². The van der Waals surface area contributed by atoms with Crippen LogP contribution in [0.2, 0.25) is 0 Å². The summed E-state index contributed by atoms with van der Waals surface area (Å²) in [5.41, 5.74) is 5.24. The van der Waals surface area contributed by atoms with Crippen LogP contribution in [-0.4, -0.2) is 21.4 Å². The second-order valence-electron chi connectivity index (χ2n) is 7.37. The summed E-state index contributed by atoms with van der Waals surface area (Å²) in [6.45, 7) is 11.7. The van der Waals surface area contributed by atoms with Crippen molar-refractivity contribution in [3.05, 3.63) is 58.7 Å². The van der Waals surface area contributed by atoms with E-state index >= 15 is 0 Å². The molecule has 1 aromatic heterocycles. The summed E-state index contributed by atoms with van der Waals surface area (Å²) in [5, 5.41) is 0. The van der Waals surface area contributed by atoms with Gasteiger partial charge in [0.05, 0.1) is 5.69 Å². The number of hydrogen-bond acceptors (Lipinski definition) is 3. The quantitative estimate of drug-likeness (QED) is 0.847. The Morgan fingerprint density at radius 3 is 2.77 bits per heavy atom. The number of fused-ring (bicyclic) bond motifs is 1. The van der Waals surface area contributed by atoms with Crippen molar-refractivity contribution in [3.8, 4) is 0 Å². The number of hydrogen-bond donors (Lipinski definition) is 0. The van der Waals surface area contributed by atoms with Crippen molar-refractivity contribution in [2.45, 2.75) is 52.6 Å². The van der Waals surface area contributed by atoms with E-state index in [-0.39, 0.29) is 5.41 Å². The first kappa shape index (κ1) is 15.2. The second kappa shape index (κ2) is 5.81. The number of rotatable bonds is 2. The third kappa shape index (κ3) is 3.36. The van der Waals surface area contributed by atoms with Gasteiger partial charge < -0.3 is 0 Å². The van der Waals surface area contributed by atoms with Gasteiger partial charge in [-0.25, -0.2) is 9.97 Å². The van der Waals surface area contributed by atoms with Crippen LogP contribution in [0.25, 0.3) is 0 Å². The molecule has 1 aromatic carbocycles. The minimum atomic E-state index is 0.00779. The number of aromatic nitrogens is 2. The molecular weight excluding hydrogens is 270 g/mol. The molecule has 0 saturated heterocycles. The second-order valence-corrected chi connectivity index (χ2v) is 7.37.